The molecule has 0 fully saturated rings. The van der Waals surface area contributed by atoms with Crippen molar-refractivity contribution in [3.63, 3.8) is 0 Å². The van der Waals surface area contributed by atoms with Gasteiger partial charge in [-0.3, -0.25) is 28.8 Å². The number of azide groups is 1. The normalized spacial score (nSPS) is 14.3. The van der Waals surface area contributed by atoms with Gasteiger partial charge >= 0.3 is 0 Å². The lowest BCUT2D eigenvalue weighted by atomic mass is 9.73. The fourth-order valence-electron chi connectivity index (χ4n) is 4.66. The summed E-state index contributed by atoms with van der Waals surface area (Å²) in [6, 6.07) is 0. The van der Waals surface area contributed by atoms with Crippen LogP contribution in [0.25, 0.3) is 10.4 Å². The molecule has 5 unspecified atom stereocenters. The van der Waals surface area contributed by atoms with E-state index >= 15 is 0 Å². The molecule has 16 nitrogen and oxygen atoms in total. The molecule has 9 N–H and O–H groups in total. The van der Waals surface area contributed by atoms with Gasteiger partial charge in [0.15, 0.2) is 0 Å². The summed E-state index contributed by atoms with van der Waals surface area (Å²) in [5.41, 5.74) is 18.3. The highest BCUT2D eigenvalue weighted by Gasteiger charge is 2.39. The SMILES string of the molecule is CCC(C)C(=O)NCNC(=O)C(C)CCC(C)(CC(CC(C)C(N)=O)C(=O)NCCCCCNC(=O)CN=[N+]=[N-])C(=O)NCCN.Cl. The third-order valence-electron chi connectivity index (χ3n) is 8.08. The first-order valence-electron chi connectivity index (χ1n) is 16.1. The molecule has 6 amide bonds. The lowest BCUT2D eigenvalue weighted by Gasteiger charge is -2.33. The largest absolute Gasteiger partial charge is 0.369 e. The molecular weight excluding hydrogens is 632 g/mol. The van der Waals surface area contributed by atoms with Crippen molar-refractivity contribution in [2.75, 3.05) is 39.4 Å². The van der Waals surface area contributed by atoms with Gasteiger partial charge in [0, 0.05) is 60.2 Å². The minimum atomic E-state index is -1.07. The zero-order valence-corrected chi connectivity index (χ0v) is 29.4. The predicted molar refractivity (Wildman–Crippen MR) is 181 cm³/mol. The number of nitrogens with two attached hydrogens (primary N) is 2. The molecule has 0 bridgehead atoms. The van der Waals surface area contributed by atoms with Crippen LogP contribution in [0, 0.1) is 29.1 Å². The summed E-state index contributed by atoms with van der Waals surface area (Å²) in [6.45, 7) is 9.78. The van der Waals surface area contributed by atoms with Gasteiger partial charge in [-0.15, -0.1) is 12.4 Å². The molecule has 0 radical (unpaired) electrons. The first kappa shape index (κ1) is 45.5. The van der Waals surface area contributed by atoms with Gasteiger partial charge in [-0.1, -0.05) is 39.7 Å². The highest BCUT2D eigenvalue weighted by atomic mass is 35.5. The molecule has 0 saturated carbocycles. The minimum Gasteiger partial charge on any atom is -0.369 e. The van der Waals surface area contributed by atoms with Gasteiger partial charge < -0.3 is 38.1 Å². The Labute approximate surface area is 284 Å². The van der Waals surface area contributed by atoms with E-state index in [1.807, 2.05) is 6.92 Å². The maximum Gasteiger partial charge on any atom is 0.226 e. The summed E-state index contributed by atoms with van der Waals surface area (Å²) in [4.78, 5) is 77.4. The first-order chi connectivity index (χ1) is 21.7. The lowest BCUT2D eigenvalue weighted by molar-refractivity contribution is -0.135. The van der Waals surface area contributed by atoms with Crippen molar-refractivity contribution >= 4 is 47.9 Å². The summed E-state index contributed by atoms with van der Waals surface area (Å²) in [7, 11) is 0. The van der Waals surface area contributed by atoms with E-state index in [9.17, 15) is 28.8 Å². The van der Waals surface area contributed by atoms with Crippen LogP contribution in [0.2, 0.25) is 0 Å². The average molecular weight is 689 g/mol. The van der Waals surface area contributed by atoms with E-state index in [4.69, 9.17) is 17.0 Å². The van der Waals surface area contributed by atoms with Crippen LogP contribution in [0.5, 0.6) is 0 Å². The molecule has 47 heavy (non-hydrogen) atoms. The fraction of sp³-hybridized carbons (Fsp3) is 0.800. The summed E-state index contributed by atoms with van der Waals surface area (Å²) >= 11 is 0. The number of hydrogen-bond donors (Lipinski definition) is 7. The van der Waals surface area contributed by atoms with E-state index in [1.165, 1.54) is 0 Å². The number of unbranched alkanes of at least 4 members (excludes halogenated alkanes) is 2. The van der Waals surface area contributed by atoms with Crippen LogP contribution >= 0.6 is 12.4 Å². The van der Waals surface area contributed by atoms with Gasteiger partial charge in [-0.25, -0.2) is 0 Å². The van der Waals surface area contributed by atoms with Gasteiger partial charge in [0.1, 0.15) is 6.54 Å². The Morgan fingerprint density at radius 2 is 1.43 bits per heavy atom. The predicted octanol–water partition coefficient (Wildman–Crippen LogP) is 1.37. The molecule has 5 atom stereocenters. The molecule has 0 saturated heterocycles. The number of carbonyl (C=O) groups is 6. The van der Waals surface area contributed by atoms with Crippen molar-refractivity contribution in [2.45, 2.75) is 86.0 Å². The monoisotopic (exact) mass is 688 g/mol. The second-order valence-corrected chi connectivity index (χ2v) is 12.1. The molecule has 0 aliphatic carbocycles. The Bertz CT molecular complexity index is 1060. The third kappa shape index (κ3) is 19.6. The zero-order valence-electron chi connectivity index (χ0n) is 28.6. The van der Waals surface area contributed by atoms with E-state index in [-0.39, 0.29) is 93.4 Å². The molecule has 0 aromatic carbocycles. The van der Waals surface area contributed by atoms with Gasteiger partial charge in [0.05, 0.1) is 6.67 Å². The average Bonchev–Trinajstić information content (AvgIpc) is 3.03. The van der Waals surface area contributed by atoms with Crippen molar-refractivity contribution in [2.24, 2.45) is 45.7 Å². The van der Waals surface area contributed by atoms with Gasteiger partial charge in [-0.2, -0.15) is 0 Å². The third-order valence-corrected chi connectivity index (χ3v) is 8.08. The maximum absolute atomic E-state index is 13.4. The molecule has 0 aromatic rings. The van der Waals surface area contributed by atoms with Crippen molar-refractivity contribution in [1.29, 1.82) is 0 Å². The van der Waals surface area contributed by atoms with Gasteiger partial charge in [0.2, 0.25) is 35.4 Å². The Balaban J connectivity index is 0. The summed E-state index contributed by atoms with van der Waals surface area (Å²) < 4.78 is 0. The number of carbonyl (C=O) groups excluding carboxylic acids is 6. The van der Waals surface area contributed by atoms with Crippen LogP contribution in [0.4, 0.5) is 0 Å². The van der Waals surface area contributed by atoms with Gasteiger partial charge in [0.25, 0.3) is 0 Å². The van der Waals surface area contributed by atoms with Crippen LogP contribution in [0.1, 0.15) is 86.0 Å². The molecule has 0 aliphatic rings. The van der Waals surface area contributed by atoms with Crippen LogP contribution in [0.15, 0.2) is 5.11 Å². The lowest BCUT2D eigenvalue weighted by Crippen LogP contribution is -2.45. The summed E-state index contributed by atoms with van der Waals surface area (Å²) in [5, 5.41) is 16.9. The number of primary amides is 1. The van der Waals surface area contributed by atoms with E-state index in [0.717, 1.165) is 0 Å². The summed E-state index contributed by atoms with van der Waals surface area (Å²) in [5.74, 6) is -3.94. The molecule has 0 aromatic heterocycles. The number of amides is 6. The van der Waals surface area contributed by atoms with Crippen molar-refractivity contribution in [3.05, 3.63) is 10.4 Å². The fourth-order valence-corrected chi connectivity index (χ4v) is 4.66. The molecule has 270 valence electrons. The van der Waals surface area contributed by atoms with Crippen molar-refractivity contribution in [1.82, 2.24) is 26.6 Å². The Kier molecular flexibility index (Phi) is 24.7. The number of rotatable bonds is 25. The van der Waals surface area contributed by atoms with Crippen LogP contribution in [0.3, 0.4) is 0 Å². The zero-order chi connectivity index (χ0) is 35.1. The summed E-state index contributed by atoms with van der Waals surface area (Å²) in [6.07, 6.45) is 3.55. The molecule has 0 spiro atoms. The van der Waals surface area contributed by atoms with Crippen LogP contribution in [-0.4, -0.2) is 74.8 Å². The topological polar surface area (TPSA) is 263 Å². The quantitative estimate of drug-likeness (QED) is 0.0243. The van der Waals surface area contributed by atoms with Crippen molar-refractivity contribution < 1.29 is 28.8 Å². The van der Waals surface area contributed by atoms with Crippen LogP contribution in [-0.2, 0) is 28.8 Å². The molecule has 17 heteroatoms. The van der Waals surface area contributed by atoms with E-state index in [1.54, 1.807) is 27.7 Å². The first-order valence-corrected chi connectivity index (χ1v) is 16.1. The maximum atomic E-state index is 13.4. The molecular formula is C30H57ClN10O6. The molecule has 0 heterocycles. The van der Waals surface area contributed by atoms with E-state index < -0.39 is 29.1 Å². The molecule has 0 aliphatic heterocycles. The smallest absolute Gasteiger partial charge is 0.226 e. The highest BCUT2D eigenvalue weighted by Crippen LogP contribution is 2.36. The minimum absolute atomic E-state index is 0. The Hall–Kier alpha value is -3.62. The van der Waals surface area contributed by atoms with E-state index in [0.29, 0.717) is 45.2 Å². The van der Waals surface area contributed by atoms with E-state index in [2.05, 4.69) is 36.6 Å². The number of nitrogens with zero attached hydrogens (tertiary/aromatic N) is 3. The number of halogens is 1. The van der Waals surface area contributed by atoms with Crippen LogP contribution < -0.4 is 38.1 Å². The highest BCUT2D eigenvalue weighted by molar-refractivity contribution is 5.86. The second kappa shape index (κ2) is 25.5. The Morgan fingerprint density at radius 3 is 1.98 bits per heavy atom. The number of hydrogen-bond acceptors (Lipinski definition) is 8. The second-order valence-electron chi connectivity index (χ2n) is 12.1. The van der Waals surface area contributed by atoms with Crippen molar-refractivity contribution in [3.8, 4) is 0 Å². The van der Waals surface area contributed by atoms with Gasteiger partial charge in [-0.05, 0) is 56.9 Å². The Morgan fingerprint density at radius 1 is 0.830 bits per heavy atom. The standard InChI is InChI=1S/C30H56N10O6.ClH/c1-6-20(2)26(43)37-19-38-27(44)21(3)10-11-30(5,29(46)36-15-12-31)17-23(16-22(4)25(32)42)28(45)35-14-9-7-8-13-34-24(41)18-39-40-33;/h20-23H,6-19,31H2,1-5H3,(H2,32,42)(H,34,41)(H,35,45)(H,36,46)(H,37,43)(H,38,44);1H. The molecule has 0 rings (SSSR count). The number of nitrogens with one attached hydrogen (secondary N) is 5.